The zero-order valence-corrected chi connectivity index (χ0v) is 17.3. The van der Waals surface area contributed by atoms with E-state index in [0.29, 0.717) is 17.0 Å². The molecule has 0 fully saturated rings. The summed E-state index contributed by atoms with van der Waals surface area (Å²) in [5.41, 5.74) is 4.69. The molecule has 0 bridgehead atoms. The van der Waals surface area contributed by atoms with Crippen LogP contribution in [0.25, 0.3) is 33.6 Å². The van der Waals surface area contributed by atoms with Gasteiger partial charge in [-0.05, 0) is 49.0 Å². The molecule has 2 aromatic carbocycles. The molecule has 6 nitrogen and oxygen atoms in total. The number of nitrogens with one attached hydrogen (secondary N) is 1. The maximum Gasteiger partial charge on any atom is 0.262 e. The number of aromatic nitrogens is 3. The molecule has 0 radical (unpaired) electrons. The second-order valence-electron chi connectivity index (χ2n) is 7.71. The summed E-state index contributed by atoms with van der Waals surface area (Å²) in [4.78, 5) is 16.1. The van der Waals surface area contributed by atoms with E-state index in [1.54, 1.807) is 31.4 Å². The first-order valence-electron chi connectivity index (χ1n) is 10.4. The third kappa shape index (κ3) is 3.30. The summed E-state index contributed by atoms with van der Waals surface area (Å²) in [6.07, 6.45) is 6.40. The van der Waals surface area contributed by atoms with E-state index >= 15 is 0 Å². The Morgan fingerprint density at radius 3 is 2.45 bits per heavy atom. The zero-order chi connectivity index (χ0) is 21.4. The van der Waals surface area contributed by atoms with Crippen molar-refractivity contribution in [2.45, 2.75) is 25.7 Å². The smallest absolute Gasteiger partial charge is 0.262 e. The molecule has 1 aliphatic rings. The number of nitrogens with zero attached hydrogens (tertiary/aromatic N) is 2. The van der Waals surface area contributed by atoms with Crippen LogP contribution in [0.4, 0.5) is 0 Å². The zero-order valence-electron chi connectivity index (χ0n) is 17.3. The van der Waals surface area contributed by atoms with E-state index in [9.17, 15) is 9.90 Å². The van der Waals surface area contributed by atoms with Crippen molar-refractivity contribution in [3.63, 3.8) is 0 Å². The minimum absolute atomic E-state index is 0.177. The number of hydrogen-bond donors (Lipinski definition) is 2. The van der Waals surface area contributed by atoms with E-state index in [0.717, 1.165) is 48.1 Å². The van der Waals surface area contributed by atoms with Crippen molar-refractivity contribution in [3.05, 3.63) is 76.6 Å². The van der Waals surface area contributed by atoms with Gasteiger partial charge in [-0.2, -0.15) is 9.61 Å². The molecule has 0 atom stereocenters. The van der Waals surface area contributed by atoms with Crippen LogP contribution in [0.15, 0.2) is 65.5 Å². The lowest BCUT2D eigenvalue weighted by molar-refractivity contribution is 0.415. The summed E-state index contributed by atoms with van der Waals surface area (Å²) in [5, 5.41) is 15.9. The third-order valence-electron chi connectivity index (χ3n) is 5.81. The molecule has 0 unspecified atom stereocenters. The molecule has 2 aromatic heterocycles. The van der Waals surface area contributed by atoms with Gasteiger partial charge in [-0.1, -0.05) is 48.5 Å². The van der Waals surface area contributed by atoms with E-state index in [2.05, 4.69) is 11.1 Å². The second kappa shape index (κ2) is 7.80. The molecular formula is C25H23N3O3. The standard InChI is InChI=1S/C25H23N3O3/c1-31-19-14-12-17(13-15-19)21-24(29)26-23-20(16-8-4-2-5-9-16)22(27-28(23)25(21)30)18-10-6-3-7-11-18/h3,6-8,10-15,30H,2,4-5,9H2,1H3,(H,26,29). The number of fused-ring (bicyclic) bond motifs is 1. The monoisotopic (exact) mass is 413 g/mol. The predicted molar refractivity (Wildman–Crippen MR) is 121 cm³/mol. The molecule has 0 spiro atoms. The Bertz CT molecular complexity index is 1330. The van der Waals surface area contributed by atoms with E-state index in [4.69, 9.17) is 9.84 Å². The van der Waals surface area contributed by atoms with Gasteiger partial charge in [0, 0.05) is 11.1 Å². The van der Waals surface area contributed by atoms with Crippen molar-refractivity contribution >= 4 is 11.2 Å². The number of methoxy groups -OCH3 is 1. The molecule has 1 aliphatic carbocycles. The molecule has 2 heterocycles. The average Bonchev–Trinajstić information content (AvgIpc) is 3.20. The van der Waals surface area contributed by atoms with Crippen molar-refractivity contribution < 1.29 is 9.84 Å². The number of hydrogen-bond acceptors (Lipinski definition) is 4. The summed E-state index contributed by atoms with van der Waals surface area (Å²) in [6, 6.07) is 16.9. The van der Waals surface area contributed by atoms with Gasteiger partial charge in [0.15, 0.2) is 0 Å². The Labute approximate surface area is 179 Å². The first-order valence-corrected chi connectivity index (χ1v) is 10.4. The summed E-state index contributed by atoms with van der Waals surface area (Å²) in [5.74, 6) is 0.501. The Kier molecular flexibility index (Phi) is 4.82. The highest BCUT2D eigenvalue weighted by Gasteiger charge is 2.24. The van der Waals surface area contributed by atoms with Gasteiger partial charge in [0.2, 0.25) is 5.88 Å². The van der Waals surface area contributed by atoms with Crippen LogP contribution in [0.1, 0.15) is 31.2 Å². The lowest BCUT2D eigenvalue weighted by atomic mass is 9.92. The van der Waals surface area contributed by atoms with Crippen LogP contribution >= 0.6 is 0 Å². The van der Waals surface area contributed by atoms with Gasteiger partial charge in [-0.25, -0.2) is 0 Å². The van der Waals surface area contributed by atoms with Crippen molar-refractivity contribution in [1.29, 1.82) is 0 Å². The lowest BCUT2D eigenvalue weighted by Crippen LogP contribution is -2.13. The van der Waals surface area contributed by atoms with Gasteiger partial charge in [0.05, 0.1) is 7.11 Å². The fourth-order valence-electron chi connectivity index (χ4n) is 4.25. The number of ether oxygens (including phenoxy) is 1. The minimum atomic E-state index is -0.354. The molecule has 0 amide bonds. The third-order valence-corrected chi connectivity index (χ3v) is 5.81. The van der Waals surface area contributed by atoms with Crippen molar-refractivity contribution in [1.82, 2.24) is 14.6 Å². The van der Waals surface area contributed by atoms with Gasteiger partial charge in [0.1, 0.15) is 22.7 Å². The predicted octanol–water partition coefficient (Wildman–Crippen LogP) is 5.03. The molecule has 6 heteroatoms. The van der Waals surface area contributed by atoms with E-state index in [1.165, 1.54) is 4.52 Å². The SMILES string of the molecule is COc1ccc(-c2c(O)n3nc(-c4ccccc4)c(C4=CCCCC4)c3[nH]c2=O)cc1. The fraction of sp³-hybridized carbons (Fsp3) is 0.200. The normalized spacial score (nSPS) is 13.9. The van der Waals surface area contributed by atoms with E-state index in [1.807, 2.05) is 30.3 Å². The Morgan fingerprint density at radius 1 is 1.00 bits per heavy atom. The van der Waals surface area contributed by atoms with Gasteiger partial charge in [-0.3, -0.25) is 4.79 Å². The highest BCUT2D eigenvalue weighted by Crippen LogP contribution is 2.38. The minimum Gasteiger partial charge on any atom is -0.497 e. The van der Waals surface area contributed by atoms with Crippen LogP contribution in [0.2, 0.25) is 0 Å². The van der Waals surface area contributed by atoms with E-state index < -0.39 is 0 Å². The topological polar surface area (TPSA) is 79.6 Å². The molecule has 0 saturated carbocycles. The van der Waals surface area contributed by atoms with Crippen LogP contribution in [0, 0.1) is 0 Å². The Balaban J connectivity index is 1.78. The van der Waals surface area contributed by atoms with Gasteiger partial charge in [-0.15, -0.1) is 0 Å². The number of allylic oxidation sites excluding steroid dienone is 2. The summed E-state index contributed by atoms with van der Waals surface area (Å²) in [6.45, 7) is 0. The highest BCUT2D eigenvalue weighted by molar-refractivity contribution is 5.88. The molecule has 156 valence electrons. The molecular weight excluding hydrogens is 390 g/mol. The molecule has 5 rings (SSSR count). The van der Waals surface area contributed by atoms with Crippen LogP contribution < -0.4 is 10.3 Å². The number of aromatic hydroxyl groups is 1. The first kappa shape index (κ1) is 19.2. The van der Waals surface area contributed by atoms with Crippen LogP contribution in [0.3, 0.4) is 0 Å². The van der Waals surface area contributed by atoms with Crippen LogP contribution in [-0.4, -0.2) is 26.8 Å². The van der Waals surface area contributed by atoms with Gasteiger partial charge < -0.3 is 14.8 Å². The Hall–Kier alpha value is -3.80. The van der Waals surface area contributed by atoms with Crippen LogP contribution in [-0.2, 0) is 0 Å². The lowest BCUT2D eigenvalue weighted by Gasteiger charge is -2.13. The number of benzene rings is 2. The summed E-state index contributed by atoms with van der Waals surface area (Å²) >= 11 is 0. The van der Waals surface area contributed by atoms with Gasteiger partial charge in [0.25, 0.3) is 5.56 Å². The van der Waals surface area contributed by atoms with Gasteiger partial charge >= 0.3 is 0 Å². The van der Waals surface area contributed by atoms with E-state index in [-0.39, 0.29) is 17.0 Å². The second-order valence-corrected chi connectivity index (χ2v) is 7.71. The maximum atomic E-state index is 13.1. The molecule has 0 saturated heterocycles. The summed E-state index contributed by atoms with van der Waals surface area (Å²) in [7, 11) is 1.58. The van der Waals surface area contributed by atoms with Crippen molar-refractivity contribution in [2.24, 2.45) is 0 Å². The summed E-state index contributed by atoms with van der Waals surface area (Å²) < 4.78 is 6.65. The Morgan fingerprint density at radius 2 is 1.77 bits per heavy atom. The molecule has 0 aliphatic heterocycles. The molecule has 4 aromatic rings. The first-order chi connectivity index (χ1) is 15.2. The number of rotatable bonds is 4. The van der Waals surface area contributed by atoms with Crippen molar-refractivity contribution in [2.75, 3.05) is 7.11 Å². The fourth-order valence-corrected chi connectivity index (χ4v) is 4.25. The largest absolute Gasteiger partial charge is 0.497 e. The molecule has 31 heavy (non-hydrogen) atoms. The number of H-pyrrole nitrogens is 1. The average molecular weight is 413 g/mol. The highest BCUT2D eigenvalue weighted by atomic mass is 16.5. The maximum absolute atomic E-state index is 13.1. The number of aromatic amines is 1. The quantitative estimate of drug-likeness (QED) is 0.492. The van der Waals surface area contributed by atoms with Crippen LogP contribution in [0.5, 0.6) is 11.6 Å². The van der Waals surface area contributed by atoms with Crippen molar-refractivity contribution in [3.8, 4) is 34.0 Å². The molecule has 2 N–H and O–H groups in total.